The molecular weight excluding hydrogens is 402 g/mol. The topological polar surface area (TPSA) is 49.7 Å². The van der Waals surface area contributed by atoms with E-state index in [0.29, 0.717) is 5.92 Å². The molecule has 2 heterocycles. The highest BCUT2D eigenvalue weighted by Crippen LogP contribution is 2.66. The van der Waals surface area contributed by atoms with Crippen LogP contribution in [0.5, 0.6) is 17.2 Å². The van der Waals surface area contributed by atoms with Crippen molar-refractivity contribution in [2.45, 2.75) is 44.6 Å². The van der Waals surface area contributed by atoms with E-state index in [-0.39, 0.29) is 28.9 Å². The second kappa shape index (κ2) is 7.29. The van der Waals surface area contributed by atoms with Crippen LogP contribution in [-0.2, 0) is 7.05 Å². The molecule has 2 aromatic carbocycles. The Morgan fingerprint density at radius 2 is 1.75 bits per heavy atom. The summed E-state index contributed by atoms with van der Waals surface area (Å²) in [7, 11) is 5.18. The second-order valence-electron chi connectivity index (χ2n) is 9.59. The third-order valence-corrected chi connectivity index (χ3v) is 7.75. The molecule has 0 unspecified atom stereocenters. The molecule has 1 aliphatic heterocycles. The lowest BCUT2D eigenvalue weighted by Crippen LogP contribution is -2.59. The van der Waals surface area contributed by atoms with Gasteiger partial charge in [0, 0.05) is 24.3 Å². The standard InChI is InChI=1S/C27H31NO4/c1-7-16-21(15-12-13-19(30-5)20(14-15)31-6)22-23-25(32-27(2,3)24(16)22)17-10-8-9-11-18(17)28(4)26(23)29/h8-14,16,21-22,24H,7H2,1-6H3/t16-,21-,22+,24+/m1/s1. The molecule has 5 rings (SSSR count). The Labute approximate surface area is 188 Å². The van der Waals surface area contributed by atoms with Gasteiger partial charge in [-0.25, -0.2) is 0 Å². The molecule has 1 aliphatic carbocycles. The van der Waals surface area contributed by atoms with Gasteiger partial charge < -0.3 is 18.8 Å². The molecule has 168 valence electrons. The molecule has 0 saturated heterocycles. The molecule has 4 atom stereocenters. The van der Waals surface area contributed by atoms with Gasteiger partial charge in [-0.05, 0) is 55.5 Å². The number of para-hydroxylation sites is 1. The number of methoxy groups -OCH3 is 2. The highest BCUT2D eigenvalue weighted by Gasteiger charge is 2.61. The molecule has 0 radical (unpaired) electrons. The van der Waals surface area contributed by atoms with Gasteiger partial charge in [0.1, 0.15) is 11.4 Å². The number of nitrogens with zero attached hydrogens (tertiary/aromatic N) is 1. The highest BCUT2D eigenvalue weighted by atomic mass is 16.5. The second-order valence-corrected chi connectivity index (χ2v) is 9.59. The summed E-state index contributed by atoms with van der Waals surface area (Å²) in [4.78, 5) is 13.7. The third-order valence-electron chi connectivity index (χ3n) is 7.75. The SMILES string of the molecule is CC[C@@H]1[C@@H](c2ccc(OC)c(OC)c2)[C@H]2c3c(c4ccccc4n(C)c3=O)OC(C)(C)[C@@H]12. The molecule has 3 aromatic rings. The van der Waals surface area contributed by atoms with Crippen molar-refractivity contribution in [1.29, 1.82) is 0 Å². The molecule has 5 heteroatoms. The molecule has 1 aromatic heterocycles. The van der Waals surface area contributed by atoms with Gasteiger partial charge in [-0.3, -0.25) is 4.79 Å². The highest BCUT2D eigenvalue weighted by molar-refractivity contribution is 5.87. The Morgan fingerprint density at radius 3 is 2.44 bits per heavy atom. The molecule has 0 amide bonds. The minimum absolute atomic E-state index is 0.0456. The predicted octanol–water partition coefficient (Wildman–Crippen LogP) is 5.25. The van der Waals surface area contributed by atoms with E-state index in [9.17, 15) is 4.79 Å². The Hall–Kier alpha value is -2.95. The smallest absolute Gasteiger partial charge is 0.258 e. The fourth-order valence-electron chi connectivity index (χ4n) is 6.39. The van der Waals surface area contributed by atoms with Crippen molar-refractivity contribution in [1.82, 2.24) is 4.57 Å². The number of fused-ring (bicyclic) bond motifs is 5. The summed E-state index contributed by atoms with van der Waals surface area (Å²) < 4.78 is 19.5. The van der Waals surface area contributed by atoms with Crippen LogP contribution < -0.4 is 19.8 Å². The molecular formula is C27H31NO4. The zero-order valence-electron chi connectivity index (χ0n) is 19.6. The molecule has 0 N–H and O–H groups in total. The van der Waals surface area contributed by atoms with Crippen LogP contribution in [0.15, 0.2) is 47.3 Å². The van der Waals surface area contributed by atoms with Gasteiger partial charge in [0.2, 0.25) is 0 Å². The zero-order valence-corrected chi connectivity index (χ0v) is 19.6. The minimum Gasteiger partial charge on any atom is -0.493 e. The summed E-state index contributed by atoms with van der Waals surface area (Å²) in [5, 5.41) is 1.00. The first-order valence-corrected chi connectivity index (χ1v) is 11.4. The van der Waals surface area contributed by atoms with Crippen LogP contribution in [0, 0.1) is 11.8 Å². The first-order chi connectivity index (χ1) is 15.3. The molecule has 1 saturated carbocycles. The maximum Gasteiger partial charge on any atom is 0.258 e. The largest absolute Gasteiger partial charge is 0.493 e. The zero-order chi connectivity index (χ0) is 22.8. The maximum atomic E-state index is 13.7. The lowest BCUT2D eigenvalue weighted by atomic mass is 9.47. The van der Waals surface area contributed by atoms with E-state index in [1.54, 1.807) is 18.8 Å². The Bertz CT molecular complexity index is 1260. The van der Waals surface area contributed by atoms with Crippen LogP contribution in [0.1, 0.15) is 50.2 Å². The van der Waals surface area contributed by atoms with Crippen molar-refractivity contribution >= 4 is 10.9 Å². The van der Waals surface area contributed by atoms with Gasteiger partial charge in [0.15, 0.2) is 11.5 Å². The summed E-state index contributed by atoms with van der Waals surface area (Å²) in [6, 6.07) is 14.2. The molecule has 5 nitrogen and oxygen atoms in total. The van der Waals surface area contributed by atoms with Crippen LogP contribution in [-0.4, -0.2) is 24.4 Å². The first kappa shape index (κ1) is 20.9. The lowest BCUT2D eigenvalue weighted by Gasteiger charge is -2.60. The van der Waals surface area contributed by atoms with Crippen LogP contribution in [0.3, 0.4) is 0 Å². The number of aromatic nitrogens is 1. The fourth-order valence-corrected chi connectivity index (χ4v) is 6.39. The van der Waals surface area contributed by atoms with E-state index in [1.807, 2.05) is 31.3 Å². The van der Waals surface area contributed by atoms with E-state index in [0.717, 1.165) is 40.1 Å². The fraction of sp³-hybridized carbons (Fsp3) is 0.444. The van der Waals surface area contributed by atoms with E-state index in [4.69, 9.17) is 14.2 Å². The van der Waals surface area contributed by atoms with Gasteiger partial charge in [-0.15, -0.1) is 0 Å². The summed E-state index contributed by atoms with van der Waals surface area (Å²) in [6.45, 7) is 6.58. The predicted molar refractivity (Wildman–Crippen MR) is 126 cm³/mol. The lowest BCUT2D eigenvalue weighted by molar-refractivity contribution is -0.0903. The Morgan fingerprint density at radius 1 is 1.03 bits per heavy atom. The Kier molecular flexibility index (Phi) is 4.77. The van der Waals surface area contributed by atoms with Crippen molar-refractivity contribution in [2.75, 3.05) is 14.2 Å². The number of rotatable bonds is 4. The number of aryl methyl sites for hydroxylation is 1. The summed E-state index contributed by atoms with van der Waals surface area (Å²) in [6.07, 6.45) is 1.02. The van der Waals surface area contributed by atoms with E-state index in [1.165, 1.54) is 5.56 Å². The van der Waals surface area contributed by atoms with Crippen molar-refractivity contribution in [2.24, 2.45) is 18.9 Å². The van der Waals surface area contributed by atoms with Crippen molar-refractivity contribution in [3.8, 4) is 17.2 Å². The summed E-state index contributed by atoms with van der Waals surface area (Å²) >= 11 is 0. The number of hydrogen-bond donors (Lipinski definition) is 0. The van der Waals surface area contributed by atoms with E-state index in [2.05, 4.69) is 39.0 Å². The number of pyridine rings is 1. The van der Waals surface area contributed by atoms with E-state index < -0.39 is 0 Å². The normalized spacial score (nSPS) is 25.3. The quantitative estimate of drug-likeness (QED) is 0.564. The van der Waals surface area contributed by atoms with Crippen LogP contribution in [0.25, 0.3) is 10.9 Å². The molecule has 0 bridgehead atoms. The molecule has 1 fully saturated rings. The summed E-state index contributed by atoms with van der Waals surface area (Å²) in [5.74, 6) is 3.20. The maximum absolute atomic E-state index is 13.7. The molecule has 2 aliphatic rings. The monoisotopic (exact) mass is 433 g/mol. The average molecular weight is 434 g/mol. The van der Waals surface area contributed by atoms with Crippen LogP contribution in [0.2, 0.25) is 0 Å². The van der Waals surface area contributed by atoms with E-state index >= 15 is 0 Å². The average Bonchev–Trinajstić information content (AvgIpc) is 2.77. The van der Waals surface area contributed by atoms with Crippen LogP contribution >= 0.6 is 0 Å². The van der Waals surface area contributed by atoms with Crippen LogP contribution in [0.4, 0.5) is 0 Å². The number of benzene rings is 2. The third kappa shape index (κ3) is 2.73. The molecule has 32 heavy (non-hydrogen) atoms. The minimum atomic E-state index is -0.361. The first-order valence-electron chi connectivity index (χ1n) is 11.4. The number of hydrogen-bond acceptors (Lipinski definition) is 4. The summed E-state index contributed by atoms with van der Waals surface area (Å²) in [5.41, 5.74) is 2.60. The van der Waals surface area contributed by atoms with Crippen molar-refractivity contribution in [3.05, 3.63) is 63.9 Å². The number of ether oxygens (including phenoxy) is 3. The van der Waals surface area contributed by atoms with Gasteiger partial charge >= 0.3 is 0 Å². The van der Waals surface area contributed by atoms with Crippen molar-refractivity contribution in [3.63, 3.8) is 0 Å². The molecule has 0 spiro atoms. The van der Waals surface area contributed by atoms with Gasteiger partial charge in [-0.1, -0.05) is 31.5 Å². The van der Waals surface area contributed by atoms with Gasteiger partial charge in [0.25, 0.3) is 5.56 Å². The van der Waals surface area contributed by atoms with Gasteiger partial charge in [-0.2, -0.15) is 0 Å². The van der Waals surface area contributed by atoms with Crippen molar-refractivity contribution < 1.29 is 14.2 Å². The Balaban J connectivity index is 1.75. The van der Waals surface area contributed by atoms with Gasteiger partial charge in [0.05, 0.1) is 25.3 Å².